The molecule has 3 aromatic rings. The summed E-state index contributed by atoms with van der Waals surface area (Å²) in [6.07, 6.45) is 4.91. The van der Waals surface area contributed by atoms with Gasteiger partial charge in [-0.05, 0) is 49.2 Å². The van der Waals surface area contributed by atoms with Crippen molar-refractivity contribution >= 4 is 17.4 Å². The molecule has 1 fully saturated rings. The van der Waals surface area contributed by atoms with Crippen molar-refractivity contribution in [3.05, 3.63) is 60.9 Å². The molecule has 0 spiro atoms. The van der Waals surface area contributed by atoms with E-state index in [2.05, 4.69) is 25.4 Å². The van der Waals surface area contributed by atoms with Crippen LogP contribution in [-0.4, -0.2) is 41.3 Å². The molecule has 0 saturated carbocycles. The maximum atomic E-state index is 12.5. The van der Waals surface area contributed by atoms with Gasteiger partial charge in [-0.3, -0.25) is 9.78 Å². The molecule has 7 nitrogen and oxygen atoms in total. The van der Waals surface area contributed by atoms with Gasteiger partial charge in [0.05, 0.1) is 24.7 Å². The lowest BCUT2D eigenvalue weighted by Crippen LogP contribution is -2.38. The number of pyridine rings is 1. The Kier molecular flexibility index (Phi) is 5.65. The molecular formula is C22H23N5O2. The number of carbonyl (C=O) groups excluding carboxylic acids is 1. The number of para-hydroxylation sites is 1. The van der Waals surface area contributed by atoms with E-state index in [0.29, 0.717) is 0 Å². The second-order valence-corrected chi connectivity index (χ2v) is 6.97. The van der Waals surface area contributed by atoms with Crippen molar-refractivity contribution < 1.29 is 9.53 Å². The van der Waals surface area contributed by atoms with Gasteiger partial charge in [-0.2, -0.15) is 0 Å². The number of ether oxygens (including phenoxy) is 1. The molecule has 0 bridgehead atoms. The molecule has 29 heavy (non-hydrogen) atoms. The lowest BCUT2D eigenvalue weighted by Gasteiger charge is -2.31. The molecule has 3 heterocycles. The third-order valence-electron chi connectivity index (χ3n) is 5.15. The summed E-state index contributed by atoms with van der Waals surface area (Å²) in [4.78, 5) is 18.7. The topological polar surface area (TPSA) is 80.2 Å². The number of piperidine rings is 1. The minimum absolute atomic E-state index is 0.00716. The maximum Gasteiger partial charge on any atom is 0.227 e. The standard InChI is InChI=1S/C22H23N5O2/c1-29-20-7-3-2-6-18(20)19-8-9-21(26-25-19)27-13-10-16(11-14-27)22(28)24-17-5-4-12-23-15-17/h2-9,12,15-16H,10-11,13-14H2,1H3,(H,24,28). The highest BCUT2D eigenvalue weighted by molar-refractivity contribution is 5.92. The molecule has 0 radical (unpaired) electrons. The predicted octanol–water partition coefficient (Wildman–Crippen LogP) is 3.40. The zero-order valence-corrected chi connectivity index (χ0v) is 16.3. The second-order valence-electron chi connectivity index (χ2n) is 6.97. The van der Waals surface area contributed by atoms with Crippen LogP contribution < -0.4 is 15.0 Å². The van der Waals surface area contributed by atoms with Crippen LogP contribution in [0.1, 0.15) is 12.8 Å². The lowest BCUT2D eigenvalue weighted by atomic mass is 9.96. The van der Waals surface area contributed by atoms with Gasteiger partial charge in [0.2, 0.25) is 5.91 Å². The summed E-state index contributed by atoms with van der Waals surface area (Å²) >= 11 is 0. The zero-order valence-electron chi connectivity index (χ0n) is 16.3. The smallest absolute Gasteiger partial charge is 0.227 e. The average molecular weight is 389 g/mol. The molecule has 1 saturated heterocycles. The van der Waals surface area contributed by atoms with Gasteiger partial charge in [0, 0.05) is 30.8 Å². The van der Waals surface area contributed by atoms with Crippen LogP contribution in [0.2, 0.25) is 0 Å². The summed E-state index contributed by atoms with van der Waals surface area (Å²) in [6, 6.07) is 15.4. The van der Waals surface area contributed by atoms with Crippen molar-refractivity contribution in [3.8, 4) is 17.0 Å². The van der Waals surface area contributed by atoms with Gasteiger partial charge in [-0.1, -0.05) is 12.1 Å². The van der Waals surface area contributed by atoms with Crippen molar-refractivity contribution in [3.63, 3.8) is 0 Å². The second kappa shape index (κ2) is 8.68. The number of hydrogen-bond donors (Lipinski definition) is 1. The van der Waals surface area contributed by atoms with E-state index in [1.54, 1.807) is 19.5 Å². The van der Waals surface area contributed by atoms with Crippen LogP contribution in [0.25, 0.3) is 11.3 Å². The van der Waals surface area contributed by atoms with Crippen LogP contribution >= 0.6 is 0 Å². The molecule has 148 valence electrons. The summed E-state index contributed by atoms with van der Waals surface area (Å²) < 4.78 is 5.40. The number of rotatable bonds is 5. The van der Waals surface area contributed by atoms with Gasteiger partial charge >= 0.3 is 0 Å². The van der Waals surface area contributed by atoms with Gasteiger partial charge in [-0.15, -0.1) is 10.2 Å². The van der Waals surface area contributed by atoms with E-state index in [0.717, 1.165) is 54.4 Å². The van der Waals surface area contributed by atoms with E-state index < -0.39 is 0 Å². The van der Waals surface area contributed by atoms with Gasteiger partial charge in [0.25, 0.3) is 0 Å². The summed E-state index contributed by atoms with van der Waals surface area (Å²) in [5.74, 6) is 1.65. The molecule has 4 rings (SSSR count). The van der Waals surface area contributed by atoms with E-state index in [-0.39, 0.29) is 11.8 Å². The molecule has 0 aliphatic carbocycles. The van der Waals surface area contributed by atoms with E-state index in [9.17, 15) is 4.79 Å². The zero-order chi connectivity index (χ0) is 20.1. The summed E-state index contributed by atoms with van der Waals surface area (Å²) in [5.41, 5.74) is 2.43. The van der Waals surface area contributed by atoms with E-state index in [4.69, 9.17) is 4.74 Å². The van der Waals surface area contributed by atoms with Crippen molar-refractivity contribution in [2.45, 2.75) is 12.8 Å². The molecule has 1 amide bonds. The molecule has 0 atom stereocenters. The average Bonchev–Trinajstić information content (AvgIpc) is 2.80. The maximum absolute atomic E-state index is 12.5. The Morgan fingerprint density at radius 3 is 2.59 bits per heavy atom. The van der Waals surface area contributed by atoms with Crippen molar-refractivity contribution in [2.24, 2.45) is 5.92 Å². The molecule has 1 aliphatic heterocycles. The normalized spacial score (nSPS) is 14.4. The highest BCUT2D eigenvalue weighted by Gasteiger charge is 2.26. The van der Waals surface area contributed by atoms with E-state index in [1.807, 2.05) is 48.5 Å². The van der Waals surface area contributed by atoms with Crippen LogP contribution in [0.3, 0.4) is 0 Å². The van der Waals surface area contributed by atoms with E-state index in [1.165, 1.54) is 0 Å². The molecule has 2 aromatic heterocycles. The van der Waals surface area contributed by atoms with Gasteiger partial charge in [0.15, 0.2) is 5.82 Å². The Labute approximate surface area is 169 Å². The Balaban J connectivity index is 1.37. The van der Waals surface area contributed by atoms with Crippen LogP contribution in [0.4, 0.5) is 11.5 Å². The largest absolute Gasteiger partial charge is 0.496 e. The minimum Gasteiger partial charge on any atom is -0.496 e. The minimum atomic E-state index is -0.00716. The molecule has 1 N–H and O–H groups in total. The number of methoxy groups -OCH3 is 1. The third-order valence-corrected chi connectivity index (χ3v) is 5.15. The Morgan fingerprint density at radius 1 is 1.07 bits per heavy atom. The number of hydrogen-bond acceptors (Lipinski definition) is 6. The van der Waals surface area contributed by atoms with Crippen molar-refractivity contribution in [1.82, 2.24) is 15.2 Å². The number of nitrogens with zero attached hydrogens (tertiary/aromatic N) is 4. The van der Waals surface area contributed by atoms with Gasteiger partial charge < -0.3 is 15.0 Å². The van der Waals surface area contributed by atoms with Gasteiger partial charge in [-0.25, -0.2) is 0 Å². The SMILES string of the molecule is COc1ccccc1-c1ccc(N2CCC(C(=O)Nc3cccnc3)CC2)nn1. The van der Waals surface area contributed by atoms with Crippen molar-refractivity contribution in [1.29, 1.82) is 0 Å². The number of nitrogens with one attached hydrogen (secondary N) is 1. The van der Waals surface area contributed by atoms with Crippen molar-refractivity contribution in [2.75, 3.05) is 30.4 Å². The fourth-order valence-corrected chi connectivity index (χ4v) is 3.55. The number of aromatic nitrogens is 3. The molecule has 7 heteroatoms. The van der Waals surface area contributed by atoms with Crippen LogP contribution in [0.15, 0.2) is 60.9 Å². The summed E-state index contributed by atoms with van der Waals surface area (Å²) in [7, 11) is 1.65. The monoisotopic (exact) mass is 389 g/mol. The third kappa shape index (κ3) is 4.34. The predicted molar refractivity (Wildman–Crippen MR) is 112 cm³/mol. The fourth-order valence-electron chi connectivity index (χ4n) is 3.55. The first-order valence-electron chi connectivity index (χ1n) is 9.67. The number of benzene rings is 1. The summed E-state index contributed by atoms with van der Waals surface area (Å²) in [5, 5.41) is 11.7. The molecule has 0 unspecified atom stereocenters. The van der Waals surface area contributed by atoms with E-state index >= 15 is 0 Å². The molecule has 1 aliphatic rings. The Hall–Kier alpha value is -3.48. The first-order chi connectivity index (χ1) is 14.2. The highest BCUT2D eigenvalue weighted by Crippen LogP contribution is 2.29. The lowest BCUT2D eigenvalue weighted by molar-refractivity contribution is -0.120. The first-order valence-corrected chi connectivity index (χ1v) is 9.67. The van der Waals surface area contributed by atoms with Crippen LogP contribution in [0, 0.1) is 5.92 Å². The van der Waals surface area contributed by atoms with Gasteiger partial charge in [0.1, 0.15) is 5.75 Å². The quantitative estimate of drug-likeness (QED) is 0.720. The Bertz CT molecular complexity index is 954. The number of anilines is 2. The first kappa shape index (κ1) is 18.9. The number of carbonyl (C=O) groups is 1. The fraction of sp³-hybridized carbons (Fsp3) is 0.273. The van der Waals surface area contributed by atoms with Crippen LogP contribution in [0.5, 0.6) is 5.75 Å². The molecular weight excluding hydrogens is 366 g/mol. The Morgan fingerprint density at radius 2 is 1.90 bits per heavy atom. The summed E-state index contributed by atoms with van der Waals surface area (Å²) in [6.45, 7) is 1.54. The molecule has 1 aromatic carbocycles. The highest BCUT2D eigenvalue weighted by atomic mass is 16.5. The van der Waals surface area contributed by atoms with Crippen LogP contribution in [-0.2, 0) is 4.79 Å². The number of amides is 1.